The third-order valence-corrected chi connectivity index (χ3v) is 3.59. The summed E-state index contributed by atoms with van der Waals surface area (Å²) < 4.78 is 0. The van der Waals surface area contributed by atoms with E-state index in [2.05, 4.69) is 31.0 Å². The van der Waals surface area contributed by atoms with Gasteiger partial charge in [0.2, 0.25) is 5.91 Å². The molecule has 6 heteroatoms. The first-order valence-electron chi connectivity index (χ1n) is 7.10. The molecule has 0 aromatic heterocycles. The molecule has 118 valence electrons. The van der Waals surface area contributed by atoms with E-state index in [1.807, 2.05) is 0 Å². The Labute approximate surface area is 136 Å². The summed E-state index contributed by atoms with van der Waals surface area (Å²) >= 11 is 11.9. The van der Waals surface area contributed by atoms with Crippen molar-refractivity contribution in [2.75, 3.05) is 30.7 Å². The first-order chi connectivity index (χ1) is 9.83. The van der Waals surface area contributed by atoms with Crippen LogP contribution in [0.2, 0.25) is 10.0 Å². The van der Waals surface area contributed by atoms with Gasteiger partial charge in [0.15, 0.2) is 0 Å². The zero-order valence-corrected chi connectivity index (χ0v) is 14.3. The Kier molecular flexibility index (Phi) is 7.29. The van der Waals surface area contributed by atoms with Gasteiger partial charge >= 0.3 is 0 Å². The van der Waals surface area contributed by atoms with E-state index in [9.17, 15) is 4.79 Å². The summed E-state index contributed by atoms with van der Waals surface area (Å²) in [5, 5.41) is 3.56. The van der Waals surface area contributed by atoms with Crippen molar-refractivity contribution in [3.8, 4) is 0 Å². The smallest absolute Gasteiger partial charge is 0.225 e. The lowest BCUT2D eigenvalue weighted by Gasteiger charge is -2.22. The molecule has 0 aliphatic heterocycles. The number of nitrogen functional groups attached to an aromatic ring is 1. The topological polar surface area (TPSA) is 58.4 Å². The lowest BCUT2D eigenvalue weighted by molar-refractivity contribution is -0.116. The third kappa shape index (κ3) is 6.12. The number of carbonyl (C=O) groups excluding carboxylic acids is 1. The normalized spacial score (nSPS) is 11.2. The fourth-order valence-electron chi connectivity index (χ4n) is 2.08. The Balaban J connectivity index is 2.58. The van der Waals surface area contributed by atoms with E-state index in [0.717, 1.165) is 13.1 Å². The van der Waals surface area contributed by atoms with Crippen LogP contribution in [0.5, 0.6) is 0 Å². The number of nitrogens with two attached hydrogens (primary N) is 1. The van der Waals surface area contributed by atoms with Crippen molar-refractivity contribution < 1.29 is 4.79 Å². The highest BCUT2D eigenvalue weighted by Gasteiger charge is 2.12. The Bertz CT molecular complexity index is 469. The zero-order valence-electron chi connectivity index (χ0n) is 12.7. The standard InChI is InChI=1S/C15H23Cl2N3O/c1-4-20(9-10(2)3)6-5-14(21)19-15-12(17)7-11(16)8-13(15)18/h7-8,10H,4-6,9,18H2,1-3H3,(H,19,21). The Morgan fingerprint density at radius 1 is 1.38 bits per heavy atom. The molecular formula is C15H23Cl2N3O. The number of rotatable bonds is 7. The number of anilines is 2. The fraction of sp³-hybridized carbons (Fsp3) is 0.533. The highest BCUT2D eigenvalue weighted by atomic mass is 35.5. The molecule has 0 bridgehead atoms. The molecule has 0 unspecified atom stereocenters. The van der Waals surface area contributed by atoms with Crippen LogP contribution in [0.4, 0.5) is 11.4 Å². The van der Waals surface area contributed by atoms with Gasteiger partial charge < -0.3 is 16.0 Å². The monoisotopic (exact) mass is 331 g/mol. The second-order valence-electron chi connectivity index (χ2n) is 5.44. The third-order valence-electron chi connectivity index (χ3n) is 3.08. The highest BCUT2D eigenvalue weighted by molar-refractivity contribution is 6.37. The lowest BCUT2D eigenvalue weighted by Crippen LogP contribution is -2.31. The predicted octanol–water partition coefficient (Wildman–Crippen LogP) is 3.88. The van der Waals surface area contributed by atoms with Gasteiger partial charge in [0, 0.05) is 24.5 Å². The van der Waals surface area contributed by atoms with Gasteiger partial charge in [0.25, 0.3) is 0 Å². The van der Waals surface area contributed by atoms with E-state index < -0.39 is 0 Å². The number of nitrogens with one attached hydrogen (secondary N) is 1. The number of carbonyl (C=O) groups is 1. The van der Waals surface area contributed by atoms with E-state index in [-0.39, 0.29) is 5.91 Å². The van der Waals surface area contributed by atoms with Crippen molar-refractivity contribution in [3.05, 3.63) is 22.2 Å². The van der Waals surface area contributed by atoms with Crippen molar-refractivity contribution in [1.29, 1.82) is 0 Å². The molecular weight excluding hydrogens is 309 g/mol. The molecule has 0 fully saturated rings. The summed E-state index contributed by atoms with van der Waals surface area (Å²) in [4.78, 5) is 14.3. The molecule has 1 rings (SSSR count). The number of nitrogens with zero attached hydrogens (tertiary/aromatic N) is 1. The zero-order chi connectivity index (χ0) is 16.0. The Morgan fingerprint density at radius 2 is 2.05 bits per heavy atom. The summed E-state index contributed by atoms with van der Waals surface area (Å²) in [6.45, 7) is 9.04. The van der Waals surface area contributed by atoms with Gasteiger partial charge in [-0.15, -0.1) is 0 Å². The Morgan fingerprint density at radius 3 is 2.57 bits per heavy atom. The SMILES string of the molecule is CCN(CCC(=O)Nc1c(N)cc(Cl)cc1Cl)CC(C)C. The second-order valence-corrected chi connectivity index (χ2v) is 6.28. The summed E-state index contributed by atoms with van der Waals surface area (Å²) in [6.07, 6.45) is 0.402. The van der Waals surface area contributed by atoms with Crippen LogP contribution in [0.25, 0.3) is 0 Å². The minimum atomic E-state index is -0.104. The number of benzene rings is 1. The predicted molar refractivity (Wildman–Crippen MR) is 91.1 cm³/mol. The second kappa shape index (κ2) is 8.47. The summed E-state index contributed by atoms with van der Waals surface area (Å²) in [7, 11) is 0. The average molecular weight is 332 g/mol. The van der Waals surface area contributed by atoms with Crippen LogP contribution < -0.4 is 11.1 Å². The molecule has 0 aliphatic rings. The maximum absolute atomic E-state index is 12.0. The minimum absolute atomic E-state index is 0.104. The highest BCUT2D eigenvalue weighted by Crippen LogP contribution is 2.32. The van der Waals surface area contributed by atoms with E-state index in [1.54, 1.807) is 12.1 Å². The molecule has 1 aromatic rings. The van der Waals surface area contributed by atoms with Gasteiger partial charge in [0.05, 0.1) is 16.4 Å². The van der Waals surface area contributed by atoms with Crippen LogP contribution in [0.3, 0.4) is 0 Å². The van der Waals surface area contributed by atoms with Crippen molar-refractivity contribution in [2.24, 2.45) is 5.92 Å². The summed E-state index contributed by atoms with van der Waals surface area (Å²) in [5.41, 5.74) is 6.62. The van der Waals surface area contributed by atoms with Gasteiger partial charge in [-0.2, -0.15) is 0 Å². The van der Waals surface area contributed by atoms with E-state index in [4.69, 9.17) is 28.9 Å². The van der Waals surface area contributed by atoms with Gasteiger partial charge in [-0.25, -0.2) is 0 Å². The average Bonchev–Trinajstić information content (AvgIpc) is 2.38. The molecule has 0 spiro atoms. The van der Waals surface area contributed by atoms with Crippen LogP contribution in [-0.2, 0) is 4.79 Å². The molecule has 3 N–H and O–H groups in total. The van der Waals surface area contributed by atoms with E-state index in [1.165, 1.54) is 0 Å². The van der Waals surface area contributed by atoms with Crippen molar-refractivity contribution in [2.45, 2.75) is 27.2 Å². The van der Waals surface area contributed by atoms with Crippen LogP contribution in [-0.4, -0.2) is 30.4 Å². The molecule has 0 aliphatic carbocycles. The van der Waals surface area contributed by atoms with Crippen molar-refractivity contribution in [3.63, 3.8) is 0 Å². The van der Waals surface area contributed by atoms with Crippen LogP contribution in [0.1, 0.15) is 27.2 Å². The van der Waals surface area contributed by atoms with Crippen LogP contribution >= 0.6 is 23.2 Å². The number of hydrogen-bond acceptors (Lipinski definition) is 3. The maximum atomic E-state index is 12.0. The molecule has 0 saturated heterocycles. The summed E-state index contributed by atoms with van der Waals surface area (Å²) in [6, 6.07) is 3.13. The first kappa shape index (κ1) is 18.1. The lowest BCUT2D eigenvalue weighted by atomic mass is 10.2. The van der Waals surface area contributed by atoms with Gasteiger partial charge in [-0.1, -0.05) is 44.0 Å². The summed E-state index contributed by atoms with van der Waals surface area (Å²) in [5.74, 6) is 0.475. The number of hydrogen-bond donors (Lipinski definition) is 2. The molecule has 0 saturated carbocycles. The maximum Gasteiger partial charge on any atom is 0.225 e. The number of amides is 1. The Hall–Kier alpha value is -0.970. The van der Waals surface area contributed by atoms with Crippen LogP contribution in [0.15, 0.2) is 12.1 Å². The van der Waals surface area contributed by atoms with Crippen molar-refractivity contribution in [1.82, 2.24) is 4.90 Å². The largest absolute Gasteiger partial charge is 0.397 e. The fourth-order valence-corrected chi connectivity index (χ4v) is 2.64. The van der Waals surface area contributed by atoms with E-state index in [0.29, 0.717) is 40.3 Å². The van der Waals surface area contributed by atoms with E-state index >= 15 is 0 Å². The van der Waals surface area contributed by atoms with Crippen LogP contribution in [0, 0.1) is 5.92 Å². The molecule has 1 amide bonds. The quantitative estimate of drug-likeness (QED) is 0.745. The number of halogens is 2. The molecule has 0 atom stereocenters. The molecule has 1 aromatic carbocycles. The molecule has 0 radical (unpaired) electrons. The minimum Gasteiger partial charge on any atom is -0.397 e. The van der Waals surface area contributed by atoms with Gasteiger partial charge in [-0.05, 0) is 24.6 Å². The molecule has 21 heavy (non-hydrogen) atoms. The van der Waals surface area contributed by atoms with Gasteiger partial charge in [-0.3, -0.25) is 4.79 Å². The molecule has 0 heterocycles. The van der Waals surface area contributed by atoms with Gasteiger partial charge in [0.1, 0.15) is 0 Å². The first-order valence-corrected chi connectivity index (χ1v) is 7.85. The molecule has 4 nitrogen and oxygen atoms in total. The van der Waals surface area contributed by atoms with Crippen molar-refractivity contribution >= 4 is 40.5 Å².